The molecule has 0 saturated carbocycles. The molecule has 0 spiro atoms. The predicted molar refractivity (Wildman–Crippen MR) is 103 cm³/mol. The lowest BCUT2D eigenvalue weighted by Gasteiger charge is -2.36. The van der Waals surface area contributed by atoms with Gasteiger partial charge in [-0.2, -0.15) is 0 Å². The van der Waals surface area contributed by atoms with Crippen molar-refractivity contribution in [1.29, 1.82) is 0 Å². The van der Waals surface area contributed by atoms with Gasteiger partial charge in [0.2, 0.25) is 0 Å². The highest BCUT2D eigenvalue weighted by Gasteiger charge is 2.31. The fourth-order valence-corrected chi connectivity index (χ4v) is 5.02. The Kier molecular flexibility index (Phi) is 5.30. The summed E-state index contributed by atoms with van der Waals surface area (Å²) < 4.78 is 5.85. The number of hydrogen-bond acceptors (Lipinski definition) is 4. The van der Waals surface area contributed by atoms with E-state index in [1.807, 2.05) is 0 Å². The van der Waals surface area contributed by atoms with Crippen LogP contribution in [0, 0.1) is 0 Å². The van der Waals surface area contributed by atoms with Gasteiger partial charge < -0.3 is 15.0 Å². The number of fused-ring (bicyclic) bond motifs is 1. The van der Waals surface area contributed by atoms with Gasteiger partial charge in [-0.15, -0.1) is 0 Å². The minimum absolute atomic E-state index is 0.335. The van der Waals surface area contributed by atoms with E-state index in [2.05, 4.69) is 53.2 Å². The lowest BCUT2D eigenvalue weighted by Crippen LogP contribution is -2.44. The van der Waals surface area contributed by atoms with Crippen LogP contribution in [0.15, 0.2) is 24.3 Å². The molecule has 4 nitrogen and oxygen atoms in total. The van der Waals surface area contributed by atoms with Crippen molar-refractivity contribution in [1.82, 2.24) is 9.80 Å². The Bertz CT molecular complexity index is 568. The molecule has 1 aromatic carbocycles. The lowest BCUT2D eigenvalue weighted by molar-refractivity contribution is -0.0704. The number of benzene rings is 1. The second-order valence-corrected chi connectivity index (χ2v) is 8.35. The summed E-state index contributed by atoms with van der Waals surface area (Å²) in [7, 11) is 0. The Hall–Kier alpha value is -1.10. The fourth-order valence-electron chi connectivity index (χ4n) is 5.02. The maximum absolute atomic E-state index is 5.85. The van der Waals surface area contributed by atoms with Gasteiger partial charge in [-0.1, -0.05) is 12.1 Å². The molecule has 3 fully saturated rings. The molecule has 0 aromatic heterocycles. The van der Waals surface area contributed by atoms with E-state index < -0.39 is 0 Å². The lowest BCUT2D eigenvalue weighted by atomic mass is 9.97. The van der Waals surface area contributed by atoms with E-state index in [4.69, 9.17) is 4.74 Å². The summed E-state index contributed by atoms with van der Waals surface area (Å²) >= 11 is 0. The molecule has 0 bridgehead atoms. The molecule has 0 unspecified atom stereocenters. The van der Waals surface area contributed by atoms with E-state index in [1.165, 1.54) is 50.0 Å². The third kappa shape index (κ3) is 4.36. The first kappa shape index (κ1) is 17.3. The van der Waals surface area contributed by atoms with Crippen LogP contribution in [-0.4, -0.2) is 60.3 Å². The number of anilines is 1. The molecule has 3 aliphatic heterocycles. The Morgan fingerprint density at radius 1 is 1.12 bits per heavy atom. The van der Waals surface area contributed by atoms with E-state index in [1.54, 1.807) is 0 Å². The van der Waals surface area contributed by atoms with Crippen LogP contribution in [0.2, 0.25) is 0 Å². The van der Waals surface area contributed by atoms with Gasteiger partial charge in [-0.25, -0.2) is 0 Å². The van der Waals surface area contributed by atoms with Crippen molar-refractivity contribution < 1.29 is 4.74 Å². The van der Waals surface area contributed by atoms with Crippen LogP contribution >= 0.6 is 0 Å². The van der Waals surface area contributed by atoms with Gasteiger partial charge in [0, 0.05) is 44.0 Å². The molecule has 4 heteroatoms. The van der Waals surface area contributed by atoms with Crippen molar-refractivity contribution in [2.45, 2.75) is 70.4 Å². The zero-order valence-electron chi connectivity index (χ0n) is 15.8. The van der Waals surface area contributed by atoms with Crippen LogP contribution in [0.3, 0.4) is 0 Å². The summed E-state index contributed by atoms with van der Waals surface area (Å²) in [5.41, 5.74) is 2.70. The van der Waals surface area contributed by atoms with Gasteiger partial charge in [-0.05, 0) is 63.8 Å². The molecule has 0 radical (unpaired) electrons. The number of hydrogen-bond donors (Lipinski definition) is 1. The van der Waals surface area contributed by atoms with Crippen molar-refractivity contribution in [2.75, 3.05) is 31.5 Å². The molecule has 4 rings (SSSR count). The number of piperidine rings is 1. The van der Waals surface area contributed by atoms with E-state index in [0.29, 0.717) is 18.2 Å². The molecule has 4 atom stereocenters. The standard InChI is InChI=1S/C21H33N3O/c1-16-13-23(14-17(2)25-16)15-18-5-3-6-19(11-18)22-20-8-10-24-9-4-7-21(24)12-20/h3,5-6,11,16-17,20-22H,4,7-10,12-15H2,1-2H3/t16-,17+,20-,21-/m1/s1. The highest BCUT2D eigenvalue weighted by atomic mass is 16.5. The van der Waals surface area contributed by atoms with Crippen LogP contribution in [0.4, 0.5) is 5.69 Å². The van der Waals surface area contributed by atoms with E-state index in [-0.39, 0.29) is 0 Å². The van der Waals surface area contributed by atoms with Gasteiger partial charge in [0.1, 0.15) is 0 Å². The molecule has 25 heavy (non-hydrogen) atoms. The molecule has 3 saturated heterocycles. The van der Waals surface area contributed by atoms with Crippen molar-refractivity contribution in [3.8, 4) is 0 Å². The minimum atomic E-state index is 0.335. The maximum Gasteiger partial charge on any atom is 0.0678 e. The van der Waals surface area contributed by atoms with Gasteiger partial charge in [0.25, 0.3) is 0 Å². The van der Waals surface area contributed by atoms with Gasteiger partial charge in [0.15, 0.2) is 0 Å². The van der Waals surface area contributed by atoms with Gasteiger partial charge in [0.05, 0.1) is 12.2 Å². The quantitative estimate of drug-likeness (QED) is 0.907. The second-order valence-electron chi connectivity index (χ2n) is 8.35. The molecule has 3 aliphatic rings. The highest BCUT2D eigenvalue weighted by molar-refractivity contribution is 5.46. The van der Waals surface area contributed by atoms with Gasteiger partial charge in [-0.3, -0.25) is 4.90 Å². The van der Waals surface area contributed by atoms with Crippen LogP contribution in [-0.2, 0) is 11.3 Å². The number of nitrogens with zero attached hydrogens (tertiary/aromatic N) is 2. The molecular weight excluding hydrogens is 310 g/mol. The van der Waals surface area contributed by atoms with E-state index in [0.717, 1.165) is 25.7 Å². The predicted octanol–water partition coefficient (Wildman–Crippen LogP) is 3.33. The van der Waals surface area contributed by atoms with Crippen LogP contribution in [0.5, 0.6) is 0 Å². The first-order chi connectivity index (χ1) is 12.2. The van der Waals surface area contributed by atoms with Gasteiger partial charge >= 0.3 is 0 Å². The Balaban J connectivity index is 1.35. The zero-order valence-corrected chi connectivity index (χ0v) is 15.8. The summed E-state index contributed by atoms with van der Waals surface area (Å²) in [5.74, 6) is 0. The second kappa shape index (κ2) is 7.65. The Morgan fingerprint density at radius 3 is 2.80 bits per heavy atom. The van der Waals surface area contributed by atoms with Crippen molar-refractivity contribution in [3.63, 3.8) is 0 Å². The van der Waals surface area contributed by atoms with Crippen molar-refractivity contribution >= 4 is 5.69 Å². The molecular formula is C21H33N3O. The largest absolute Gasteiger partial charge is 0.382 e. The molecule has 1 aromatic rings. The minimum Gasteiger partial charge on any atom is -0.382 e. The molecule has 1 N–H and O–H groups in total. The number of morpholine rings is 1. The van der Waals surface area contributed by atoms with Crippen LogP contribution < -0.4 is 5.32 Å². The smallest absolute Gasteiger partial charge is 0.0678 e. The maximum atomic E-state index is 5.85. The SMILES string of the molecule is C[C@@H]1CN(Cc2cccc(N[C@@H]3CCN4CCC[C@@H]4C3)c2)C[C@H](C)O1. The topological polar surface area (TPSA) is 27.7 Å². The van der Waals surface area contributed by atoms with E-state index >= 15 is 0 Å². The summed E-state index contributed by atoms with van der Waals surface area (Å²) in [6.45, 7) is 10.0. The van der Waals surface area contributed by atoms with E-state index in [9.17, 15) is 0 Å². The first-order valence-electron chi connectivity index (χ1n) is 10.1. The Labute approximate surface area is 152 Å². The van der Waals surface area contributed by atoms with Crippen LogP contribution in [0.1, 0.15) is 45.1 Å². The summed E-state index contributed by atoms with van der Waals surface area (Å²) in [5, 5.41) is 3.82. The third-order valence-electron chi connectivity index (χ3n) is 6.02. The number of rotatable bonds is 4. The zero-order chi connectivity index (χ0) is 17.2. The average molecular weight is 344 g/mol. The number of nitrogens with one attached hydrogen (secondary N) is 1. The highest BCUT2D eigenvalue weighted by Crippen LogP contribution is 2.28. The summed E-state index contributed by atoms with van der Waals surface area (Å²) in [6.07, 6.45) is 6.04. The number of ether oxygens (including phenoxy) is 1. The van der Waals surface area contributed by atoms with Crippen LogP contribution in [0.25, 0.3) is 0 Å². The normalized spacial score (nSPS) is 34.0. The molecule has 0 amide bonds. The van der Waals surface area contributed by atoms with Crippen molar-refractivity contribution in [2.24, 2.45) is 0 Å². The molecule has 138 valence electrons. The first-order valence-corrected chi connectivity index (χ1v) is 10.1. The Morgan fingerprint density at radius 2 is 1.96 bits per heavy atom. The molecule has 0 aliphatic carbocycles. The average Bonchev–Trinajstić information content (AvgIpc) is 3.02. The van der Waals surface area contributed by atoms with Crippen molar-refractivity contribution in [3.05, 3.63) is 29.8 Å². The molecule has 3 heterocycles. The monoisotopic (exact) mass is 343 g/mol. The summed E-state index contributed by atoms with van der Waals surface area (Å²) in [4.78, 5) is 5.21. The third-order valence-corrected chi connectivity index (χ3v) is 6.02. The summed E-state index contributed by atoms with van der Waals surface area (Å²) in [6, 6.07) is 10.5. The fraction of sp³-hybridized carbons (Fsp3) is 0.714.